The molecule has 0 fully saturated rings. The molecule has 3 aromatic carbocycles. The van der Waals surface area contributed by atoms with Crippen LogP contribution in [0.15, 0.2) is 80.9 Å². The van der Waals surface area contributed by atoms with Crippen LogP contribution in [0.1, 0.15) is 27.3 Å². The molecule has 0 aliphatic carbocycles. The molecule has 0 radical (unpaired) electrons. The first-order chi connectivity index (χ1) is 20.4. The zero-order valence-electron chi connectivity index (χ0n) is 21.9. The van der Waals surface area contributed by atoms with Crippen molar-refractivity contribution in [2.45, 2.75) is 13.2 Å². The number of benzene rings is 3. The van der Waals surface area contributed by atoms with E-state index in [0.29, 0.717) is 32.3 Å². The van der Waals surface area contributed by atoms with E-state index in [1.165, 1.54) is 18.0 Å². The number of rotatable bonds is 11. The van der Waals surface area contributed by atoms with Gasteiger partial charge < -0.3 is 19.9 Å². The third-order valence-corrected chi connectivity index (χ3v) is 6.71. The normalized spacial score (nSPS) is 11.0. The van der Waals surface area contributed by atoms with Gasteiger partial charge in [-0.1, -0.05) is 53.2 Å². The molecule has 3 N–H and O–H groups in total. The Hall–Kier alpha value is -4.95. The molecule has 0 saturated carbocycles. The topological polar surface area (TPSA) is 165 Å². The lowest BCUT2D eigenvalue weighted by molar-refractivity contribution is 0.0947. The summed E-state index contributed by atoms with van der Waals surface area (Å²) in [5, 5.41) is 19.9. The number of nitrogen functional groups attached to an aromatic ring is 1. The minimum absolute atomic E-state index is 0.0374. The Labute approximate surface area is 252 Å². The highest BCUT2D eigenvalue weighted by Crippen LogP contribution is 2.37. The third kappa shape index (κ3) is 6.50. The van der Waals surface area contributed by atoms with Crippen LogP contribution in [0, 0.1) is 0 Å². The van der Waals surface area contributed by atoms with Gasteiger partial charge in [-0.25, -0.2) is 10.1 Å². The number of hydrazone groups is 1. The number of amides is 1. The van der Waals surface area contributed by atoms with Crippen LogP contribution in [0.3, 0.4) is 0 Å². The van der Waals surface area contributed by atoms with Crippen molar-refractivity contribution in [3.63, 3.8) is 0 Å². The van der Waals surface area contributed by atoms with E-state index in [9.17, 15) is 4.79 Å². The van der Waals surface area contributed by atoms with E-state index in [1.54, 1.807) is 30.3 Å². The summed E-state index contributed by atoms with van der Waals surface area (Å²) < 4.78 is 23.8. The molecule has 5 rings (SSSR count). The summed E-state index contributed by atoms with van der Waals surface area (Å²) in [6, 6.07) is 19.9. The lowest BCUT2D eigenvalue weighted by Gasteiger charge is -2.14. The summed E-state index contributed by atoms with van der Waals surface area (Å²) in [5.41, 5.74) is 9.91. The average molecular weight is 654 g/mol. The summed E-state index contributed by atoms with van der Waals surface area (Å²) in [4.78, 5) is 13.1. The molecule has 2 heterocycles. The van der Waals surface area contributed by atoms with Gasteiger partial charge in [-0.2, -0.15) is 9.78 Å². The molecule has 0 bridgehead atoms. The van der Waals surface area contributed by atoms with Crippen LogP contribution < -0.4 is 25.4 Å². The number of hydrogen-bond donors (Lipinski definition) is 2. The molecule has 0 aliphatic rings. The number of aromatic nitrogens is 5. The zero-order valence-corrected chi connectivity index (χ0v) is 24.2. The Balaban J connectivity index is 1.32. The van der Waals surface area contributed by atoms with Gasteiger partial charge >= 0.3 is 0 Å². The van der Waals surface area contributed by atoms with Crippen molar-refractivity contribution in [1.29, 1.82) is 0 Å². The average Bonchev–Trinajstić information content (AvgIpc) is 3.62. The number of methoxy groups -OCH3 is 1. The molecule has 42 heavy (non-hydrogen) atoms. The second-order valence-electron chi connectivity index (χ2n) is 8.48. The molecule has 13 nitrogen and oxygen atoms in total. The van der Waals surface area contributed by atoms with E-state index in [0.717, 1.165) is 5.56 Å². The van der Waals surface area contributed by atoms with Gasteiger partial charge in [0.25, 0.3) is 5.91 Å². The van der Waals surface area contributed by atoms with Gasteiger partial charge in [-0.15, -0.1) is 5.10 Å². The largest absolute Gasteiger partial charge is 0.493 e. The first kappa shape index (κ1) is 28.6. The first-order valence-corrected chi connectivity index (χ1v) is 13.4. The van der Waals surface area contributed by atoms with Crippen LogP contribution >= 0.6 is 27.5 Å². The number of hydrogen-bond acceptors (Lipinski definition) is 11. The second-order valence-corrected chi connectivity index (χ2v) is 9.75. The van der Waals surface area contributed by atoms with Gasteiger partial charge in [-0.05, 0) is 62.1 Å². The van der Waals surface area contributed by atoms with Crippen LogP contribution in [0.25, 0.3) is 5.82 Å². The fourth-order valence-corrected chi connectivity index (χ4v) is 4.49. The molecule has 0 aliphatic heterocycles. The molecule has 15 heteroatoms. The van der Waals surface area contributed by atoms with Gasteiger partial charge in [0.2, 0.25) is 11.6 Å². The van der Waals surface area contributed by atoms with Crippen molar-refractivity contribution in [2.75, 3.05) is 12.8 Å². The minimum Gasteiger partial charge on any atom is -0.493 e. The molecule has 0 atom stereocenters. The Morgan fingerprint density at radius 2 is 1.90 bits per heavy atom. The number of para-hydroxylation sites is 1. The number of nitrogens with zero attached hydrogens (tertiary/aromatic N) is 6. The number of carbonyl (C=O) groups excluding carboxylic acids is 1. The van der Waals surface area contributed by atoms with Crippen LogP contribution in [-0.2, 0) is 13.2 Å². The standard InChI is InChI=1S/C27H22BrClN8O5/c1-39-22-12-16(11-19(28)24(22)41-14-17-7-5-6-10-20(17)29)13-31-33-27(38)23-21(15-40-18-8-3-2-4-9-18)37(36-32-23)26-25(30)34-42-35-26/h2-13H,14-15H2,1H3,(H2,30,34)(H,33,38)/b31-13+. The number of carbonyl (C=O) groups is 1. The molecule has 214 valence electrons. The highest BCUT2D eigenvalue weighted by molar-refractivity contribution is 9.10. The molecule has 1 amide bonds. The summed E-state index contributed by atoms with van der Waals surface area (Å²) in [6.45, 7) is 0.154. The van der Waals surface area contributed by atoms with Gasteiger partial charge in [0.15, 0.2) is 17.2 Å². The molecule has 0 spiro atoms. The fraction of sp³-hybridized carbons (Fsp3) is 0.111. The van der Waals surface area contributed by atoms with Crippen molar-refractivity contribution in [3.05, 3.63) is 98.7 Å². The van der Waals surface area contributed by atoms with Crippen LogP contribution in [-0.4, -0.2) is 44.5 Å². The highest BCUT2D eigenvalue weighted by atomic mass is 79.9. The van der Waals surface area contributed by atoms with E-state index in [4.69, 9.17) is 31.5 Å². The lowest BCUT2D eigenvalue weighted by Crippen LogP contribution is -2.21. The summed E-state index contributed by atoms with van der Waals surface area (Å²) in [6.07, 6.45) is 1.44. The van der Waals surface area contributed by atoms with Crippen molar-refractivity contribution in [1.82, 2.24) is 30.7 Å². The van der Waals surface area contributed by atoms with E-state index in [2.05, 4.69) is 51.7 Å². The van der Waals surface area contributed by atoms with Gasteiger partial charge in [0.1, 0.15) is 24.7 Å². The second kappa shape index (κ2) is 13.1. The van der Waals surface area contributed by atoms with Crippen LogP contribution in [0.2, 0.25) is 5.02 Å². The maximum Gasteiger partial charge on any atom is 0.293 e. The quantitative estimate of drug-likeness (QED) is 0.152. The monoisotopic (exact) mass is 652 g/mol. The molecule has 0 unspecified atom stereocenters. The zero-order chi connectivity index (χ0) is 29.5. The number of anilines is 1. The highest BCUT2D eigenvalue weighted by Gasteiger charge is 2.24. The predicted molar refractivity (Wildman–Crippen MR) is 156 cm³/mol. The predicted octanol–water partition coefficient (Wildman–Crippen LogP) is 4.58. The fourth-order valence-electron chi connectivity index (χ4n) is 3.72. The number of halogens is 2. The SMILES string of the molecule is COc1cc(/C=N/NC(=O)c2nnn(-c3nonc3N)c2COc2ccccc2)cc(Br)c1OCc1ccccc1Cl. The maximum absolute atomic E-state index is 13.1. The minimum atomic E-state index is -0.648. The number of nitrogens with two attached hydrogens (primary N) is 1. The summed E-state index contributed by atoms with van der Waals surface area (Å²) >= 11 is 9.75. The summed E-state index contributed by atoms with van der Waals surface area (Å²) in [7, 11) is 1.52. The van der Waals surface area contributed by atoms with Crippen LogP contribution in [0.5, 0.6) is 17.2 Å². The number of nitrogens with one attached hydrogen (secondary N) is 1. The van der Waals surface area contributed by atoms with E-state index >= 15 is 0 Å². The van der Waals surface area contributed by atoms with Crippen molar-refractivity contribution >= 4 is 45.5 Å². The molecule has 2 aromatic heterocycles. The van der Waals surface area contributed by atoms with Crippen molar-refractivity contribution in [3.8, 4) is 23.1 Å². The maximum atomic E-state index is 13.1. The van der Waals surface area contributed by atoms with Gasteiger partial charge in [0.05, 0.1) is 17.8 Å². The molecular weight excluding hydrogens is 632 g/mol. The van der Waals surface area contributed by atoms with Gasteiger partial charge in [-0.3, -0.25) is 4.79 Å². The van der Waals surface area contributed by atoms with E-state index < -0.39 is 5.91 Å². The molecular formula is C27H22BrClN8O5. The number of ether oxygens (including phenoxy) is 3. The Bertz CT molecular complexity index is 1730. The lowest BCUT2D eigenvalue weighted by atomic mass is 10.2. The van der Waals surface area contributed by atoms with Crippen molar-refractivity contribution in [2.24, 2.45) is 5.10 Å². The summed E-state index contributed by atoms with van der Waals surface area (Å²) in [5.74, 6) is 0.881. The Morgan fingerprint density at radius 3 is 2.64 bits per heavy atom. The van der Waals surface area contributed by atoms with Gasteiger partial charge in [0, 0.05) is 10.6 Å². The van der Waals surface area contributed by atoms with Crippen LogP contribution in [0.4, 0.5) is 5.82 Å². The molecule has 5 aromatic rings. The smallest absolute Gasteiger partial charge is 0.293 e. The van der Waals surface area contributed by atoms with E-state index in [1.807, 2.05) is 36.4 Å². The first-order valence-electron chi connectivity index (χ1n) is 12.2. The van der Waals surface area contributed by atoms with E-state index in [-0.39, 0.29) is 36.2 Å². The van der Waals surface area contributed by atoms with Crippen molar-refractivity contribution < 1.29 is 23.6 Å². The Morgan fingerprint density at radius 1 is 1.12 bits per heavy atom. The third-order valence-electron chi connectivity index (χ3n) is 5.75. The Kier molecular flexibility index (Phi) is 8.94. The molecule has 0 saturated heterocycles.